The van der Waals surface area contributed by atoms with Crippen LogP contribution in [0.5, 0.6) is 0 Å². The first-order valence-electron chi connectivity index (χ1n) is 9.83. The van der Waals surface area contributed by atoms with E-state index in [0.29, 0.717) is 42.3 Å². The molecule has 3 heterocycles. The first-order valence-corrected chi connectivity index (χ1v) is 9.83. The third-order valence-electron chi connectivity index (χ3n) is 5.79. The average Bonchev–Trinajstić information content (AvgIpc) is 3.19. The molecule has 0 spiro atoms. The summed E-state index contributed by atoms with van der Waals surface area (Å²) in [5.41, 5.74) is 1.30. The number of carbonyl (C=O) groups is 1. The van der Waals surface area contributed by atoms with Gasteiger partial charge in [0.25, 0.3) is 11.5 Å². The number of benzene rings is 2. The third kappa shape index (κ3) is 2.96. The normalized spacial score (nSPS) is 15.2. The zero-order valence-corrected chi connectivity index (χ0v) is 16.3. The minimum Gasteiger partial charge on any atom is -0.356 e. The highest BCUT2D eigenvalue weighted by atomic mass is 19.1. The standard InChI is InChI=1S/C22H19FN4O3/c1-26-21(28)16-5-3-2-4-15(16)20(24-26)22(29)27-10-8-13(9-11-27)19-17-7-6-14(23)12-18(17)30-25-19/h2-7,12-13H,8-11H2,1H3. The van der Waals surface area contributed by atoms with Crippen molar-refractivity contribution in [2.45, 2.75) is 18.8 Å². The fraction of sp³-hybridized carbons (Fsp3) is 0.273. The minimum atomic E-state index is -0.359. The van der Waals surface area contributed by atoms with Gasteiger partial charge < -0.3 is 9.42 Å². The second-order valence-corrected chi connectivity index (χ2v) is 7.60. The number of rotatable bonds is 2. The summed E-state index contributed by atoms with van der Waals surface area (Å²) >= 11 is 0. The van der Waals surface area contributed by atoms with Crippen LogP contribution in [0.2, 0.25) is 0 Å². The molecule has 0 N–H and O–H groups in total. The molecule has 0 unspecified atom stereocenters. The highest BCUT2D eigenvalue weighted by Gasteiger charge is 2.29. The van der Waals surface area contributed by atoms with E-state index in [9.17, 15) is 14.0 Å². The summed E-state index contributed by atoms with van der Waals surface area (Å²) in [5.74, 6) is -0.416. The van der Waals surface area contributed by atoms with Crippen LogP contribution in [-0.4, -0.2) is 38.8 Å². The summed E-state index contributed by atoms with van der Waals surface area (Å²) in [6.07, 6.45) is 1.43. The van der Waals surface area contributed by atoms with Gasteiger partial charge in [-0.2, -0.15) is 5.10 Å². The van der Waals surface area contributed by atoms with Gasteiger partial charge in [0.1, 0.15) is 5.82 Å². The summed E-state index contributed by atoms with van der Waals surface area (Å²) in [7, 11) is 1.55. The first kappa shape index (κ1) is 18.5. The second-order valence-electron chi connectivity index (χ2n) is 7.60. The van der Waals surface area contributed by atoms with Crippen molar-refractivity contribution in [2.75, 3.05) is 13.1 Å². The molecule has 1 amide bonds. The number of carbonyl (C=O) groups excluding carboxylic acids is 1. The summed E-state index contributed by atoms with van der Waals surface area (Å²) in [6.45, 7) is 1.08. The van der Waals surface area contributed by atoms with Crippen LogP contribution >= 0.6 is 0 Å². The van der Waals surface area contributed by atoms with Gasteiger partial charge >= 0.3 is 0 Å². The lowest BCUT2D eigenvalue weighted by Crippen LogP contribution is -2.39. The summed E-state index contributed by atoms with van der Waals surface area (Å²) in [6, 6.07) is 11.5. The number of likely N-dealkylation sites (tertiary alicyclic amines) is 1. The number of hydrogen-bond donors (Lipinski definition) is 0. The molecule has 0 atom stereocenters. The Kier molecular flexibility index (Phi) is 4.34. The van der Waals surface area contributed by atoms with Gasteiger partial charge in [-0.1, -0.05) is 23.4 Å². The van der Waals surface area contributed by atoms with Crippen molar-refractivity contribution in [2.24, 2.45) is 7.05 Å². The first-order chi connectivity index (χ1) is 14.5. The number of nitrogens with zero attached hydrogens (tertiary/aromatic N) is 4. The van der Waals surface area contributed by atoms with Crippen LogP contribution in [0.1, 0.15) is 34.9 Å². The number of halogens is 1. The van der Waals surface area contributed by atoms with Crippen LogP contribution in [0, 0.1) is 5.82 Å². The average molecular weight is 406 g/mol. The molecule has 4 aromatic rings. The smallest absolute Gasteiger partial charge is 0.274 e. The Labute approximate surface area is 170 Å². The number of amides is 1. The molecule has 1 aliphatic heterocycles. The predicted octanol–water partition coefficient (Wildman–Crippen LogP) is 3.23. The van der Waals surface area contributed by atoms with Crippen molar-refractivity contribution in [3.63, 3.8) is 0 Å². The monoisotopic (exact) mass is 406 g/mol. The SMILES string of the molecule is Cn1nc(C(=O)N2CCC(c3noc4cc(F)ccc34)CC2)c2ccccc2c1=O. The zero-order valence-electron chi connectivity index (χ0n) is 16.3. The molecule has 0 bridgehead atoms. The maximum absolute atomic E-state index is 13.4. The van der Waals surface area contributed by atoms with E-state index in [2.05, 4.69) is 10.3 Å². The number of hydrogen-bond acceptors (Lipinski definition) is 5. The highest BCUT2D eigenvalue weighted by Crippen LogP contribution is 2.33. The van der Waals surface area contributed by atoms with Gasteiger partial charge in [-0.3, -0.25) is 9.59 Å². The molecule has 8 heteroatoms. The Morgan fingerprint density at radius 3 is 2.60 bits per heavy atom. The van der Waals surface area contributed by atoms with E-state index in [4.69, 9.17) is 4.52 Å². The lowest BCUT2D eigenvalue weighted by Gasteiger charge is -2.31. The van der Waals surface area contributed by atoms with E-state index >= 15 is 0 Å². The molecule has 1 saturated heterocycles. The van der Waals surface area contributed by atoms with Crippen molar-refractivity contribution >= 4 is 27.6 Å². The second kappa shape index (κ2) is 7.05. The van der Waals surface area contributed by atoms with E-state index in [0.717, 1.165) is 11.1 Å². The van der Waals surface area contributed by atoms with Crippen molar-refractivity contribution in [3.05, 3.63) is 70.0 Å². The third-order valence-corrected chi connectivity index (χ3v) is 5.79. The summed E-state index contributed by atoms with van der Waals surface area (Å²) < 4.78 is 19.9. The van der Waals surface area contributed by atoms with E-state index in [1.54, 1.807) is 42.3 Å². The van der Waals surface area contributed by atoms with Crippen molar-refractivity contribution < 1.29 is 13.7 Å². The van der Waals surface area contributed by atoms with E-state index in [1.165, 1.54) is 16.8 Å². The molecule has 1 fully saturated rings. The number of aryl methyl sites for hydroxylation is 1. The highest BCUT2D eigenvalue weighted by molar-refractivity contribution is 6.04. The molecule has 152 valence electrons. The fourth-order valence-electron chi connectivity index (χ4n) is 4.19. The molecule has 1 aliphatic rings. The van der Waals surface area contributed by atoms with E-state index in [1.807, 2.05) is 0 Å². The molecule has 0 saturated carbocycles. The van der Waals surface area contributed by atoms with Gasteiger partial charge in [0, 0.05) is 42.9 Å². The topological polar surface area (TPSA) is 81.2 Å². The lowest BCUT2D eigenvalue weighted by atomic mass is 9.91. The van der Waals surface area contributed by atoms with Gasteiger partial charge in [0.2, 0.25) is 0 Å². The number of fused-ring (bicyclic) bond motifs is 2. The molecule has 0 radical (unpaired) electrons. The molecule has 30 heavy (non-hydrogen) atoms. The molecular formula is C22H19FN4O3. The molecule has 2 aromatic heterocycles. The van der Waals surface area contributed by atoms with Gasteiger partial charge in [-0.15, -0.1) is 0 Å². The van der Waals surface area contributed by atoms with Crippen LogP contribution in [0.15, 0.2) is 51.8 Å². The fourth-order valence-corrected chi connectivity index (χ4v) is 4.19. The molecule has 0 aliphatic carbocycles. The van der Waals surface area contributed by atoms with Gasteiger partial charge in [-0.25, -0.2) is 9.07 Å². The Morgan fingerprint density at radius 2 is 1.83 bits per heavy atom. The van der Waals surface area contributed by atoms with E-state index in [-0.39, 0.29) is 28.9 Å². The van der Waals surface area contributed by atoms with Gasteiger partial charge in [0.05, 0.1) is 11.1 Å². The Balaban J connectivity index is 1.39. The van der Waals surface area contributed by atoms with Crippen LogP contribution in [0.3, 0.4) is 0 Å². The zero-order chi connectivity index (χ0) is 20.8. The Bertz CT molecular complexity index is 1340. The molecule has 7 nitrogen and oxygen atoms in total. The van der Waals surface area contributed by atoms with E-state index < -0.39 is 0 Å². The van der Waals surface area contributed by atoms with Crippen LogP contribution in [0.25, 0.3) is 21.7 Å². The number of piperidine rings is 1. The lowest BCUT2D eigenvalue weighted by molar-refractivity contribution is 0.0705. The summed E-state index contributed by atoms with van der Waals surface area (Å²) in [5, 5.41) is 10.3. The number of aromatic nitrogens is 3. The van der Waals surface area contributed by atoms with Crippen LogP contribution < -0.4 is 5.56 Å². The minimum absolute atomic E-state index is 0.130. The Morgan fingerprint density at radius 1 is 1.10 bits per heavy atom. The molecule has 5 rings (SSSR count). The van der Waals surface area contributed by atoms with Crippen LogP contribution in [-0.2, 0) is 7.05 Å². The maximum atomic E-state index is 13.4. The van der Waals surface area contributed by atoms with Crippen molar-refractivity contribution in [1.29, 1.82) is 0 Å². The summed E-state index contributed by atoms with van der Waals surface area (Å²) in [4.78, 5) is 27.3. The van der Waals surface area contributed by atoms with Gasteiger partial charge in [-0.05, 0) is 31.0 Å². The van der Waals surface area contributed by atoms with Gasteiger partial charge in [0.15, 0.2) is 11.3 Å². The maximum Gasteiger partial charge on any atom is 0.274 e. The Hall–Kier alpha value is -3.55. The largest absolute Gasteiger partial charge is 0.356 e. The molecule has 2 aromatic carbocycles. The van der Waals surface area contributed by atoms with Crippen molar-refractivity contribution in [1.82, 2.24) is 19.8 Å². The predicted molar refractivity (Wildman–Crippen MR) is 109 cm³/mol. The molecular weight excluding hydrogens is 387 g/mol. The van der Waals surface area contributed by atoms with Crippen LogP contribution in [0.4, 0.5) is 4.39 Å². The quantitative estimate of drug-likeness (QED) is 0.511. The van der Waals surface area contributed by atoms with Crippen molar-refractivity contribution in [3.8, 4) is 0 Å².